The van der Waals surface area contributed by atoms with Crippen molar-refractivity contribution in [2.45, 2.75) is 33.6 Å². The number of esters is 2. The summed E-state index contributed by atoms with van der Waals surface area (Å²) in [4.78, 5) is 27.5. The minimum Gasteiger partial charge on any atom is -0.461 e. The molecular weight excluding hydrogens is 258 g/mol. The highest BCUT2D eigenvalue weighted by Crippen LogP contribution is 2.05. The number of ether oxygens (including phenoxy) is 2. The number of carbonyl (C=O) groups is 2. The van der Waals surface area contributed by atoms with Crippen molar-refractivity contribution in [2.24, 2.45) is 5.92 Å². The predicted octanol–water partition coefficient (Wildman–Crippen LogP) is 2.85. The first-order valence-corrected chi connectivity index (χ1v) is 6.86. The molecule has 0 spiro atoms. The van der Waals surface area contributed by atoms with Crippen molar-refractivity contribution in [1.82, 2.24) is 4.98 Å². The maximum Gasteiger partial charge on any atom is 0.356 e. The molecule has 0 aliphatic heterocycles. The van der Waals surface area contributed by atoms with Crippen LogP contribution in [0.15, 0.2) is 18.2 Å². The summed E-state index contributed by atoms with van der Waals surface area (Å²) < 4.78 is 10.1. The smallest absolute Gasteiger partial charge is 0.356 e. The van der Waals surface area contributed by atoms with Crippen molar-refractivity contribution < 1.29 is 19.1 Å². The molecule has 0 aliphatic carbocycles. The molecule has 1 heterocycles. The van der Waals surface area contributed by atoms with Gasteiger partial charge in [-0.1, -0.05) is 33.3 Å². The molecule has 0 saturated heterocycles. The van der Waals surface area contributed by atoms with Crippen LogP contribution in [0.4, 0.5) is 0 Å². The number of rotatable bonds is 7. The largest absolute Gasteiger partial charge is 0.461 e. The second-order valence-corrected chi connectivity index (χ2v) is 4.89. The summed E-state index contributed by atoms with van der Waals surface area (Å²) in [5.74, 6) is -0.792. The van der Waals surface area contributed by atoms with Gasteiger partial charge in [0.05, 0.1) is 13.2 Å². The molecule has 0 saturated carbocycles. The molecule has 0 aromatic carbocycles. The van der Waals surface area contributed by atoms with Crippen LogP contribution in [0.5, 0.6) is 0 Å². The molecule has 0 bridgehead atoms. The molecule has 0 aliphatic rings. The Morgan fingerprint density at radius 2 is 1.75 bits per heavy atom. The summed E-state index contributed by atoms with van der Waals surface area (Å²) in [6.45, 7) is 6.59. The Kier molecular flexibility index (Phi) is 6.70. The highest BCUT2D eigenvalue weighted by atomic mass is 16.5. The van der Waals surface area contributed by atoms with Crippen LogP contribution >= 0.6 is 0 Å². The molecule has 20 heavy (non-hydrogen) atoms. The first kappa shape index (κ1) is 16.1. The van der Waals surface area contributed by atoms with E-state index >= 15 is 0 Å². The number of carbonyl (C=O) groups excluding carboxylic acids is 2. The fourth-order valence-electron chi connectivity index (χ4n) is 1.36. The van der Waals surface area contributed by atoms with Crippen molar-refractivity contribution in [3.05, 3.63) is 29.6 Å². The summed E-state index contributed by atoms with van der Waals surface area (Å²) in [6.07, 6.45) is 1.75. The summed E-state index contributed by atoms with van der Waals surface area (Å²) in [5, 5.41) is 0. The van der Waals surface area contributed by atoms with E-state index in [-0.39, 0.29) is 17.3 Å². The van der Waals surface area contributed by atoms with E-state index in [0.717, 1.165) is 12.8 Å². The molecule has 0 unspecified atom stereocenters. The van der Waals surface area contributed by atoms with E-state index in [9.17, 15) is 9.59 Å². The molecule has 0 N–H and O–H groups in total. The second-order valence-electron chi connectivity index (χ2n) is 4.89. The van der Waals surface area contributed by atoms with Crippen LogP contribution in [-0.4, -0.2) is 30.1 Å². The lowest BCUT2D eigenvalue weighted by molar-refractivity contribution is 0.0450. The third kappa shape index (κ3) is 5.38. The SMILES string of the molecule is CCCCOC(=O)c1cccc(C(=O)OCC(C)C)n1. The van der Waals surface area contributed by atoms with Crippen LogP contribution in [0, 0.1) is 5.92 Å². The Bertz CT molecular complexity index is 457. The summed E-state index contributed by atoms with van der Waals surface area (Å²) in [6, 6.07) is 4.63. The van der Waals surface area contributed by atoms with E-state index in [1.807, 2.05) is 20.8 Å². The molecule has 1 aromatic rings. The molecule has 110 valence electrons. The molecule has 0 radical (unpaired) electrons. The van der Waals surface area contributed by atoms with E-state index in [1.165, 1.54) is 12.1 Å². The van der Waals surface area contributed by atoms with Crippen molar-refractivity contribution in [3.63, 3.8) is 0 Å². The lowest BCUT2D eigenvalue weighted by Crippen LogP contribution is -2.14. The van der Waals surface area contributed by atoms with Crippen LogP contribution in [0.1, 0.15) is 54.6 Å². The minimum atomic E-state index is -0.526. The number of hydrogen-bond acceptors (Lipinski definition) is 5. The van der Waals surface area contributed by atoms with E-state index in [2.05, 4.69) is 4.98 Å². The van der Waals surface area contributed by atoms with Gasteiger partial charge in [-0.15, -0.1) is 0 Å². The van der Waals surface area contributed by atoms with E-state index in [4.69, 9.17) is 9.47 Å². The first-order valence-electron chi connectivity index (χ1n) is 6.86. The Labute approximate surface area is 119 Å². The average Bonchev–Trinajstić information content (AvgIpc) is 2.45. The summed E-state index contributed by atoms with van der Waals surface area (Å²) in [7, 11) is 0. The molecule has 0 fully saturated rings. The molecule has 1 rings (SSSR count). The van der Waals surface area contributed by atoms with E-state index in [1.54, 1.807) is 6.07 Å². The lowest BCUT2D eigenvalue weighted by atomic mass is 10.2. The summed E-state index contributed by atoms with van der Waals surface area (Å²) in [5.41, 5.74) is 0.246. The molecule has 0 amide bonds. The van der Waals surface area contributed by atoms with Gasteiger partial charge in [0.15, 0.2) is 0 Å². The normalized spacial score (nSPS) is 10.4. The fourth-order valence-corrected chi connectivity index (χ4v) is 1.36. The van der Waals surface area contributed by atoms with Gasteiger partial charge in [-0.05, 0) is 24.5 Å². The fraction of sp³-hybridized carbons (Fsp3) is 0.533. The standard InChI is InChI=1S/C15H21NO4/c1-4-5-9-19-14(17)12-7-6-8-13(16-12)15(18)20-10-11(2)3/h6-8,11H,4-5,9-10H2,1-3H3. The maximum absolute atomic E-state index is 11.7. The molecule has 0 atom stereocenters. The zero-order valence-corrected chi connectivity index (χ0v) is 12.2. The number of hydrogen-bond donors (Lipinski definition) is 0. The quantitative estimate of drug-likeness (QED) is 0.567. The van der Waals surface area contributed by atoms with Gasteiger partial charge in [0, 0.05) is 0 Å². The number of pyridine rings is 1. The van der Waals surface area contributed by atoms with Gasteiger partial charge >= 0.3 is 11.9 Å². The van der Waals surface area contributed by atoms with Crippen LogP contribution in [-0.2, 0) is 9.47 Å². The summed E-state index contributed by atoms with van der Waals surface area (Å²) >= 11 is 0. The van der Waals surface area contributed by atoms with E-state index in [0.29, 0.717) is 13.2 Å². The Balaban J connectivity index is 2.65. The van der Waals surface area contributed by atoms with Crippen molar-refractivity contribution in [2.75, 3.05) is 13.2 Å². The zero-order valence-electron chi connectivity index (χ0n) is 12.2. The first-order chi connectivity index (χ1) is 9.54. The van der Waals surface area contributed by atoms with Crippen molar-refractivity contribution in [1.29, 1.82) is 0 Å². The van der Waals surface area contributed by atoms with Crippen molar-refractivity contribution >= 4 is 11.9 Å². The Hall–Kier alpha value is -1.91. The number of nitrogens with zero attached hydrogens (tertiary/aromatic N) is 1. The third-order valence-corrected chi connectivity index (χ3v) is 2.45. The predicted molar refractivity (Wildman–Crippen MR) is 74.5 cm³/mol. The van der Waals surface area contributed by atoms with Crippen molar-refractivity contribution in [3.8, 4) is 0 Å². The zero-order chi connectivity index (χ0) is 15.0. The maximum atomic E-state index is 11.7. The average molecular weight is 279 g/mol. The number of unbranched alkanes of at least 4 members (excludes halogenated alkanes) is 1. The molecular formula is C15H21NO4. The highest BCUT2D eigenvalue weighted by Gasteiger charge is 2.14. The molecule has 5 heteroatoms. The highest BCUT2D eigenvalue weighted by molar-refractivity contribution is 5.91. The molecule has 1 aromatic heterocycles. The monoisotopic (exact) mass is 279 g/mol. The Morgan fingerprint density at radius 3 is 2.30 bits per heavy atom. The Morgan fingerprint density at radius 1 is 1.15 bits per heavy atom. The number of aromatic nitrogens is 1. The topological polar surface area (TPSA) is 65.5 Å². The van der Waals surface area contributed by atoms with Gasteiger partial charge in [0.2, 0.25) is 0 Å². The lowest BCUT2D eigenvalue weighted by Gasteiger charge is -2.07. The third-order valence-electron chi connectivity index (χ3n) is 2.45. The van der Waals surface area contributed by atoms with Crippen LogP contribution < -0.4 is 0 Å². The van der Waals surface area contributed by atoms with Gasteiger partial charge in [0.1, 0.15) is 11.4 Å². The van der Waals surface area contributed by atoms with E-state index < -0.39 is 11.9 Å². The van der Waals surface area contributed by atoms with Gasteiger partial charge in [-0.3, -0.25) is 0 Å². The second kappa shape index (κ2) is 8.30. The van der Waals surface area contributed by atoms with Gasteiger partial charge in [0.25, 0.3) is 0 Å². The van der Waals surface area contributed by atoms with Crippen LogP contribution in [0.2, 0.25) is 0 Å². The van der Waals surface area contributed by atoms with Gasteiger partial charge in [-0.25, -0.2) is 14.6 Å². The van der Waals surface area contributed by atoms with Gasteiger partial charge < -0.3 is 9.47 Å². The molecule has 5 nitrogen and oxygen atoms in total. The van der Waals surface area contributed by atoms with Crippen LogP contribution in [0.25, 0.3) is 0 Å². The van der Waals surface area contributed by atoms with Crippen LogP contribution in [0.3, 0.4) is 0 Å². The van der Waals surface area contributed by atoms with Gasteiger partial charge in [-0.2, -0.15) is 0 Å². The minimum absolute atomic E-state index is 0.121.